The summed E-state index contributed by atoms with van der Waals surface area (Å²) in [6.07, 6.45) is 9.58. The van der Waals surface area contributed by atoms with Gasteiger partial charge in [0, 0.05) is 6.54 Å². The number of aromatic nitrogens is 3. The van der Waals surface area contributed by atoms with Gasteiger partial charge in [0.1, 0.15) is 17.3 Å². The summed E-state index contributed by atoms with van der Waals surface area (Å²) in [5.74, 6) is -0.857. The highest BCUT2D eigenvalue weighted by molar-refractivity contribution is 5.55. The highest BCUT2D eigenvalue weighted by Crippen LogP contribution is 2.22. The molecule has 3 rings (SSSR count). The molecule has 0 amide bonds. The third kappa shape index (κ3) is 4.24. The predicted octanol–water partition coefficient (Wildman–Crippen LogP) is 4.20. The van der Waals surface area contributed by atoms with Crippen LogP contribution in [0.1, 0.15) is 32.1 Å². The maximum absolute atomic E-state index is 13.6. The summed E-state index contributed by atoms with van der Waals surface area (Å²) in [4.78, 5) is 4.18. The minimum absolute atomic E-state index is 0.0425. The van der Waals surface area contributed by atoms with Crippen LogP contribution in [0.5, 0.6) is 0 Å². The van der Waals surface area contributed by atoms with Crippen LogP contribution in [-0.2, 0) is 0 Å². The van der Waals surface area contributed by atoms with Gasteiger partial charge in [0.25, 0.3) is 0 Å². The lowest BCUT2D eigenvalue weighted by molar-refractivity contribution is 0.590. The lowest BCUT2D eigenvalue weighted by Crippen LogP contribution is -2.09. The molecule has 0 unspecified atom stereocenters. The summed E-state index contributed by atoms with van der Waals surface area (Å²) < 4.78 is 27.3. The highest BCUT2D eigenvalue weighted by Gasteiger charge is 2.10. The molecule has 1 aliphatic rings. The van der Waals surface area contributed by atoms with Gasteiger partial charge in [-0.05, 0) is 44.2 Å². The van der Waals surface area contributed by atoms with Crippen LogP contribution >= 0.6 is 0 Å². The van der Waals surface area contributed by atoms with E-state index in [4.69, 9.17) is 0 Å². The fourth-order valence-electron chi connectivity index (χ4n) is 2.65. The second-order valence-corrected chi connectivity index (χ2v) is 5.67. The number of halogens is 2. The van der Waals surface area contributed by atoms with Crippen LogP contribution in [0.25, 0.3) is 0 Å². The molecule has 0 atom stereocenters. The first-order valence-corrected chi connectivity index (χ1v) is 8.05. The standard InChI is InChI=1S/C17H19F2N5/c18-13-7-4-8-14(19)16(13)23-17-22-15(11-21-24-17)20-10-9-12-5-2-1-3-6-12/h4-5,7-8,11H,1-3,6,9-10H2,(H2,20,22,23,24). The van der Waals surface area contributed by atoms with Crippen LogP contribution in [-0.4, -0.2) is 21.7 Å². The van der Waals surface area contributed by atoms with E-state index in [1.54, 1.807) is 0 Å². The fourth-order valence-corrected chi connectivity index (χ4v) is 2.65. The van der Waals surface area contributed by atoms with Gasteiger partial charge in [-0.25, -0.2) is 8.78 Å². The minimum atomic E-state index is -0.707. The molecule has 0 saturated carbocycles. The number of benzene rings is 1. The Labute approximate surface area is 139 Å². The van der Waals surface area contributed by atoms with Crippen molar-refractivity contribution >= 4 is 17.5 Å². The molecule has 7 heteroatoms. The number of anilines is 3. The zero-order chi connectivity index (χ0) is 16.8. The van der Waals surface area contributed by atoms with Gasteiger partial charge < -0.3 is 10.6 Å². The van der Waals surface area contributed by atoms with Crippen molar-refractivity contribution in [3.05, 3.63) is 47.7 Å². The summed E-state index contributed by atoms with van der Waals surface area (Å²) >= 11 is 0. The Kier molecular flexibility index (Phi) is 5.30. The fraction of sp³-hybridized carbons (Fsp3) is 0.353. The van der Waals surface area contributed by atoms with Gasteiger partial charge in [-0.1, -0.05) is 17.7 Å². The summed E-state index contributed by atoms with van der Waals surface area (Å²) in [5.41, 5.74) is 1.17. The molecule has 1 heterocycles. The van der Waals surface area contributed by atoms with E-state index in [0.29, 0.717) is 5.82 Å². The first-order chi connectivity index (χ1) is 11.7. The Hall–Kier alpha value is -2.57. The average Bonchev–Trinajstić information content (AvgIpc) is 2.60. The van der Waals surface area contributed by atoms with Gasteiger partial charge in [-0.2, -0.15) is 10.1 Å². The molecule has 5 nitrogen and oxygen atoms in total. The summed E-state index contributed by atoms with van der Waals surface area (Å²) in [6, 6.07) is 3.63. The molecule has 1 aromatic heterocycles. The number of rotatable bonds is 6. The van der Waals surface area contributed by atoms with Gasteiger partial charge in [0.05, 0.1) is 6.20 Å². The molecule has 2 aromatic rings. The topological polar surface area (TPSA) is 62.7 Å². The zero-order valence-corrected chi connectivity index (χ0v) is 13.2. The van der Waals surface area contributed by atoms with E-state index in [-0.39, 0.29) is 11.6 Å². The lowest BCUT2D eigenvalue weighted by Gasteiger charge is -2.13. The maximum atomic E-state index is 13.6. The van der Waals surface area contributed by atoms with Crippen molar-refractivity contribution in [2.45, 2.75) is 32.1 Å². The van der Waals surface area contributed by atoms with Crippen molar-refractivity contribution in [3.63, 3.8) is 0 Å². The monoisotopic (exact) mass is 331 g/mol. The molecule has 0 fully saturated rings. The maximum Gasteiger partial charge on any atom is 0.249 e. The lowest BCUT2D eigenvalue weighted by atomic mass is 9.97. The van der Waals surface area contributed by atoms with Crippen LogP contribution in [0.2, 0.25) is 0 Å². The summed E-state index contributed by atoms with van der Waals surface area (Å²) in [5, 5.41) is 13.3. The molecule has 2 N–H and O–H groups in total. The Balaban J connectivity index is 1.60. The number of hydrogen-bond acceptors (Lipinski definition) is 5. The smallest absolute Gasteiger partial charge is 0.249 e. The highest BCUT2D eigenvalue weighted by atomic mass is 19.1. The zero-order valence-electron chi connectivity index (χ0n) is 13.2. The second kappa shape index (κ2) is 7.81. The van der Waals surface area contributed by atoms with Crippen molar-refractivity contribution in [1.82, 2.24) is 15.2 Å². The van der Waals surface area contributed by atoms with Crippen molar-refractivity contribution in [3.8, 4) is 0 Å². The minimum Gasteiger partial charge on any atom is -0.368 e. The molecule has 0 bridgehead atoms. The number of para-hydroxylation sites is 1. The van der Waals surface area contributed by atoms with Crippen molar-refractivity contribution in [1.29, 1.82) is 0 Å². The molecular formula is C17H19F2N5. The normalized spacial score (nSPS) is 14.2. The summed E-state index contributed by atoms with van der Waals surface area (Å²) in [6.45, 7) is 0.734. The van der Waals surface area contributed by atoms with Crippen molar-refractivity contribution in [2.24, 2.45) is 0 Å². The van der Waals surface area contributed by atoms with Gasteiger partial charge in [-0.15, -0.1) is 5.10 Å². The van der Waals surface area contributed by atoms with Crippen LogP contribution in [0.3, 0.4) is 0 Å². The van der Waals surface area contributed by atoms with E-state index in [2.05, 4.69) is 31.9 Å². The van der Waals surface area contributed by atoms with E-state index in [9.17, 15) is 8.78 Å². The van der Waals surface area contributed by atoms with Crippen LogP contribution in [0.15, 0.2) is 36.0 Å². The van der Waals surface area contributed by atoms with Gasteiger partial charge in [0.15, 0.2) is 5.82 Å². The number of nitrogens with zero attached hydrogens (tertiary/aromatic N) is 3. The predicted molar refractivity (Wildman–Crippen MR) is 89.1 cm³/mol. The SMILES string of the molecule is Fc1cccc(F)c1Nc1nncc(NCCC2=CCCCC2)n1. The molecule has 24 heavy (non-hydrogen) atoms. The van der Waals surface area contributed by atoms with E-state index >= 15 is 0 Å². The van der Waals surface area contributed by atoms with Gasteiger partial charge in [-0.3, -0.25) is 0 Å². The Morgan fingerprint density at radius 3 is 2.71 bits per heavy atom. The first kappa shape index (κ1) is 16.3. The van der Waals surface area contributed by atoms with E-state index in [1.807, 2.05) is 0 Å². The molecule has 0 radical (unpaired) electrons. The third-order valence-electron chi connectivity index (χ3n) is 3.90. The summed E-state index contributed by atoms with van der Waals surface area (Å²) in [7, 11) is 0. The van der Waals surface area contributed by atoms with Crippen LogP contribution < -0.4 is 10.6 Å². The largest absolute Gasteiger partial charge is 0.368 e. The molecule has 126 valence electrons. The number of hydrogen-bond donors (Lipinski definition) is 2. The van der Waals surface area contributed by atoms with Crippen LogP contribution in [0, 0.1) is 11.6 Å². The third-order valence-corrected chi connectivity index (χ3v) is 3.90. The molecule has 0 spiro atoms. The van der Waals surface area contributed by atoms with Crippen LogP contribution in [0.4, 0.5) is 26.2 Å². The number of nitrogens with one attached hydrogen (secondary N) is 2. The molecule has 0 aliphatic heterocycles. The van der Waals surface area contributed by atoms with E-state index in [0.717, 1.165) is 25.8 Å². The molecular weight excluding hydrogens is 312 g/mol. The van der Waals surface area contributed by atoms with E-state index in [1.165, 1.54) is 42.8 Å². The molecule has 1 aromatic carbocycles. The van der Waals surface area contributed by atoms with Crippen molar-refractivity contribution < 1.29 is 8.78 Å². The quantitative estimate of drug-likeness (QED) is 0.777. The molecule has 0 saturated heterocycles. The van der Waals surface area contributed by atoms with Gasteiger partial charge in [0.2, 0.25) is 5.95 Å². The molecule has 1 aliphatic carbocycles. The van der Waals surface area contributed by atoms with Crippen molar-refractivity contribution in [2.75, 3.05) is 17.2 Å². The Bertz CT molecular complexity index is 712. The Morgan fingerprint density at radius 2 is 1.96 bits per heavy atom. The first-order valence-electron chi connectivity index (χ1n) is 8.05. The van der Waals surface area contributed by atoms with Gasteiger partial charge >= 0.3 is 0 Å². The average molecular weight is 331 g/mol. The second-order valence-electron chi connectivity index (χ2n) is 5.67. The Morgan fingerprint density at radius 1 is 1.12 bits per heavy atom. The number of allylic oxidation sites excluding steroid dienone is 1. The van der Waals surface area contributed by atoms with E-state index < -0.39 is 11.6 Å².